The standard InChI is InChI=1S/C9H14ClNO4/c1-2-6(12)5-7(9(14)15)11-8(13)3-4-10/h7H,2-5H2,1H3,(H,11,13)(H,14,15). The Hall–Kier alpha value is -1.10. The Bertz CT molecular complexity index is 254. The highest BCUT2D eigenvalue weighted by atomic mass is 35.5. The van der Waals surface area contributed by atoms with Gasteiger partial charge in [0, 0.05) is 25.1 Å². The molecule has 15 heavy (non-hydrogen) atoms. The number of rotatable bonds is 7. The smallest absolute Gasteiger partial charge is 0.326 e. The first kappa shape index (κ1) is 13.9. The van der Waals surface area contributed by atoms with Crippen molar-refractivity contribution in [3.8, 4) is 0 Å². The third-order valence-corrected chi connectivity index (χ3v) is 1.97. The third-order valence-electron chi connectivity index (χ3n) is 1.78. The first-order valence-electron chi connectivity index (χ1n) is 4.61. The molecule has 0 rings (SSSR count). The average molecular weight is 236 g/mol. The molecule has 1 amide bonds. The summed E-state index contributed by atoms with van der Waals surface area (Å²) in [6.07, 6.45) is 0.126. The van der Waals surface area contributed by atoms with Gasteiger partial charge in [0.25, 0.3) is 0 Å². The molecule has 6 heteroatoms. The number of carbonyl (C=O) groups excluding carboxylic acids is 2. The molecule has 0 aromatic carbocycles. The van der Waals surface area contributed by atoms with Gasteiger partial charge in [0.15, 0.2) is 0 Å². The van der Waals surface area contributed by atoms with Crippen LogP contribution in [0.3, 0.4) is 0 Å². The van der Waals surface area contributed by atoms with Crippen molar-refractivity contribution in [2.24, 2.45) is 0 Å². The van der Waals surface area contributed by atoms with Crippen LogP contribution in [0.1, 0.15) is 26.2 Å². The molecule has 1 atom stereocenters. The third kappa shape index (κ3) is 6.06. The van der Waals surface area contributed by atoms with Gasteiger partial charge in [-0.25, -0.2) is 4.79 Å². The highest BCUT2D eigenvalue weighted by Crippen LogP contribution is 1.98. The minimum absolute atomic E-state index is 0.0473. The minimum atomic E-state index is -1.21. The van der Waals surface area contributed by atoms with Crippen molar-refractivity contribution in [1.82, 2.24) is 5.32 Å². The first-order valence-corrected chi connectivity index (χ1v) is 5.14. The average Bonchev–Trinajstić information content (AvgIpc) is 2.16. The van der Waals surface area contributed by atoms with Crippen molar-refractivity contribution in [2.45, 2.75) is 32.2 Å². The van der Waals surface area contributed by atoms with Crippen LogP contribution in [0.4, 0.5) is 0 Å². The molecule has 0 aromatic rings. The second-order valence-electron chi connectivity index (χ2n) is 2.99. The number of Topliss-reactive ketones (excluding diaryl/α,β-unsaturated/α-hetero) is 1. The van der Waals surface area contributed by atoms with Gasteiger partial charge in [-0.3, -0.25) is 9.59 Å². The van der Waals surface area contributed by atoms with Crippen molar-refractivity contribution in [1.29, 1.82) is 0 Å². The lowest BCUT2D eigenvalue weighted by Gasteiger charge is -2.12. The molecule has 0 aromatic heterocycles. The fourth-order valence-electron chi connectivity index (χ4n) is 0.924. The van der Waals surface area contributed by atoms with Crippen LogP contribution in [-0.4, -0.2) is 34.7 Å². The molecule has 0 spiro atoms. The highest BCUT2D eigenvalue weighted by molar-refractivity contribution is 6.19. The van der Waals surface area contributed by atoms with Crippen molar-refractivity contribution >= 4 is 29.3 Å². The number of carboxylic acids is 1. The van der Waals surface area contributed by atoms with E-state index in [1.807, 2.05) is 0 Å². The Balaban J connectivity index is 4.22. The number of nitrogens with one attached hydrogen (secondary N) is 1. The van der Waals surface area contributed by atoms with E-state index in [9.17, 15) is 14.4 Å². The molecule has 1 unspecified atom stereocenters. The molecular weight excluding hydrogens is 222 g/mol. The van der Waals surface area contributed by atoms with Crippen LogP contribution >= 0.6 is 11.6 Å². The van der Waals surface area contributed by atoms with E-state index in [0.29, 0.717) is 0 Å². The highest BCUT2D eigenvalue weighted by Gasteiger charge is 2.21. The second-order valence-corrected chi connectivity index (χ2v) is 3.37. The van der Waals surface area contributed by atoms with Gasteiger partial charge in [-0.05, 0) is 0 Å². The van der Waals surface area contributed by atoms with Crippen LogP contribution in [-0.2, 0) is 14.4 Å². The number of alkyl halides is 1. The molecule has 0 heterocycles. The molecule has 0 fully saturated rings. The largest absolute Gasteiger partial charge is 0.480 e. The van der Waals surface area contributed by atoms with E-state index in [0.717, 1.165) is 0 Å². The molecule has 5 nitrogen and oxygen atoms in total. The van der Waals surface area contributed by atoms with E-state index < -0.39 is 17.9 Å². The lowest BCUT2D eigenvalue weighted by atomic mass is 10.1. The molecule has 0 aliphatic heterocycles. The van der Waals surface area contributed by atoms with Crippen LogP contribution in [0.5, 0.6) is 0 Å². The predicted molar refractivity (Wildman–Crippen MR) is 54.8 cm³/mol. The zero-order valence-corrected chi connectivity index (χ0v) is 9.21. The molecule has 0 bridgehead atoms. The molecule has 2 N–H and O–H groups in total. The summed E-state index contributed by atoms with van der Waals surface area (Å²) in [5.41, 5.74) is 0. The predicted octanol–water partition coefficient (Wildman–Crippen LogP) is 0.554. The monoisotopic (exact) mass is 235 g/mol. The second kappa shape index (κ2) is 7.23. The first-order chi connectivity index (χ1) is 7.01. The Morgan fingerprint density at radius 2 is 2.00 bits per heavy atom. The van der Waals surface area contributed by atoms with Crippen molar-refractivity contribution in [2.75, 3.05) is 5.88 Å². The summed E-state index contributed by atoms with van der Waals surface area (Å²) in [7, 11) is 0. The number of hydrogen-bond acceptors (Lipinski definition) is 3. The van der Waals surface area contributed by atoms with E-state index >= 15 is 0 Å². The Morgan fingerprint density at radius 1 is 1.40 bits per heavy atom. The Labute approximate surface area is 92.8 Å². The number of aliphatic carboxylic acids is 1. The molecular formula is C9H14ClNO4. The maximum atomic E-state index is 11.1. The number of hydrogen-bond donors (Lipinski definition) is 2. The number of halogens is 1. The SMILES string of the molecule is CCC(=O)CC(NC(=O)CCCl)C(=O)O. The normalized spacial score (nSPS) is 11.9. The van der Waals surface area contributed by atoms with Gasteiger partial charge in [0.2, 0.25) is 5.91 Å². The summed E-state index contributed by atoms with van der Waals surface area (Å²) in [5.74, 6) is -1.74. The Kier molecular flexibility index (Phi) is 6.70. The summed E-state index contributed by atoms with van der Waals surface area (Å²) < 4.78 is 0. The topological polar surface area (TPSA) is 83.5 Å². The van der Waals surface area contributed by atoms with Crippen LogP contribution in [0.15, 0.2) is 0 Å². The lowest BCUT2D eigenvalue weighted by molar-refractivity contribution is -0.143. The van der Waals surface area contributed by atoms with Crippen molar-refractivity contribution in [3.63, 3.8) is 0 Å². The van der Waals surface area contributed by atoms with Crippen molar-refractivity contribution in [3.05, 3.63) is 0 Å². The van der Waals surface area contributed by atoms with Gasteiger partial charge in [-0.2, -0.15) is 0 Å². The fourth-order valence-corrected chi connectivity index (χ4v) is 1.10. The van der Waals surface area contributed by atoms with E-state index in [-0.39, 0.29) is 30.9 Å². The van der Waals surface area contributed by atoms with E-state index in [4.69, 9.17) is 16.7 Å². The van der Waals surface area contributed by atoms with Gasteiger partial charge in [-0.15, -0.1) is 11.6 Å². The van der Waals surface area contributed by atoms with Gasteiger partial charge < -0.3 is 10.4 Å². The van der Waals surface area contributed by atoms with Gasteiger partial charge in [-0.1, -0.05) is 6.92 Å². The number of carbonyl (C=O) groups is 3. The maximum Gasteiger partial charge on any atom is 0.326 e. The summed E-state index contributed by atoms with van der Waals surface area (Å²) in [5, 5.41) is 11.0. The van der Waals surface area contributed by atoms with E-state index in [1.54, 1.807) is 6.92 Å². The van der Waals surface area contributed by atoms with E-state index in [1.165, 1.54) is 0 Å². The quantitative estimate of drug-likeness (QED) is 0.632. The van der Waals surface area contributed by atoms with Crippen LogP contribution in [0.25, 0.3) is 0 Å². The number of carboxylic acid groups (broad SMARTS) is 1. The van der Waals surface area contributed by atoms with Crippen LogP contribution in [0, 0.1) is 0 Å². The van der Waals surface area contributed by atoms with Crippen LogP contribution < -0.4 is 5.32 Å². The summed E-state index contributed by atoms with van der Waals surface area (Å²) in [6, 6.07) is -1.15. The molecule has 0 saturated carbocycles. The molecule has 0 aliphatic carbocycles. The summed E-state index contributed by atoms with van der Waals surface area (Å²) in [6.45, 7) is 1.64. The molecule has 0 aliphatic rings. The fraction of sp³-hybridized carbons (Fsp3) is 0.667. The number of amides is 1. The van der Waals surface area contributed by atoms with Crippen molar-refractivity contribution < 1.29 is 19.5 Å². The van der Waals surface area contributed by atoms with E-state index in [2.05, 4.69) is 5.32 Å². The van der Waals surface area contributed by atoms with Gasteiger partial charge in [0.05, 0.1) is 0 Å². The van der Waals surface area contributed by atoms with Crippen LogP contribution in [0.2, 0.25) is 0 Å². The van der Waals surface area contributed by atoms with Gasteiger partial charge >= 0.3 is 5.97 Å². The molecule has 0 saturated heterocycles. The Morgan fingerprint density at radius 3 is 2.40 bits per heavy atom. The van der Waals surface area contributed by atoms with Gasteiger partial charge in [0.1, 0.15) is 11.8 Å². The molecule has 86 valence electrons. The summed E-state index contributed by atoms with van der Waals surface area (Å²) >= 11 is 5.32. The zero-order chi connectivity index (χ0) is 11.8. The summed E-state index contributed by atoms with van der Waals surface area (Å²) in [4.78, 5) is 32.8. The minimum Gasteiger partial charge on any atom is -0.480 e. The number of ketones is 1. The lowest BCUT2D eigenvalue weighted by Crippen LogP contribution is -2.42. The molecule has 0 radical (unpaired) electrons. The zero-order valence-electron chi connectivity index (χ0n) is 8.46. The maximum absolute atomic E-state index is 11.1.